The van der Waals surface area contributed by atoms with E-state index in [2.05, 4.69) is 22.3 Å². The van der Waals surface area contributed by atoms with Crippen LogP contribution in [0.3, 0.4) is 0 Å². The Morgan fingerprint density at radius 3 is 2.62 bits per heavy atom. The Hall–Kier alpha value is -1.40. The van der Waals surface area contributed by atoms with Crippen LogP contribution in [-0.4, -0.2) is 25.1 Å². The van der Waals surface area contributed by atoms with Crippen LogP contribution >= 0.6 is 12.4 Å². The number of hydrogen-bond donors (Lipinski definition) is 2. The maximum absolute atomic E-state index is 12.1. The van der Waals surface area contributed by atoms with Crippen LogP contribution in [-0.2, 0) is 4.79 Å². The summed E-state index contributed by atoms with van der Waals surface area (Å²) in [6, 6.07) is 6.26. The summed E-state index contributed by atoms with van der Waals surface area (Å²) in [7, 11) is 0. The molecule has 1 aromatic rings. The maximum atomic E-state index is 12.1. The number of hydrogen-bond acceptors (Lipinski definition) is 3. The summed E-state index contributed by atoms with van der Waals surface area (Å²) in [6.07, 6.45) is 1.61. The molecule has 1 aliphatic heterocycles. The van der Waals surface area contributed by atoms with Crippen molar-refractivity contribution in [3.8, 4) is 5.75 Å². The molecule has 118 valence electrons. The summed E-state index contributed by atoms with van der Waals surface area (Å²) < 4.78 is 28.3. The van der Waals surface area contributed by atoms with Crippen LogP contribution in [0.5, 0.6) is 5.75 Å². The fraction of sp³-hybridized carbons (Fsp3) is 0.500. The molecule has 1 heterocycles. The van der Waals surface area contributed by atoms with Gasteiger partial charge in [0.05, 0.1) is 0 Å². The topological polar surface area (TPSA) is 50.4 Å². The highest BCUT2D eigenvalue weighted by atomic mass is 35.5. The largest absolute Gasteiger partial charge is 0.435 e. The van der Waals surface area contributed by atoms with Gasteiger partial charge in [-0.1, -0.05) is 0 Å². The summed E-state index contributed by atoms with van der Waals surface area (Å²) >= 11 is 0. The highest BCUT2D eigenvalue weighted by molar-refractivity contribution is 5.92. The number of nitrogens with one attached hydrogen (secondary N) is 2. The quantitative estimate of drug-likeness (QED) is 0.896. The standard InChI is InChI=1S/C14H18F2N2O2.ClH/c1-9-8-10(6-7-17-9)13(19)18-11-2-4-12(5-3-11)20-14(15)16;/h2-5,9-10,14,17H,6-8H2,1H3,(H,18,19);1H/t9-,10-;/m0./s1. The molecule has 0 saturated carbocycles. The number of halogens is 3. The van der Waals surface area contributed by atoms with Crippen LogP contribution in [0, 0.1) is 5.92 Å². The van der Waals surface area contributed by atoms with Gasteiger partial charge < -0.3 is 15.4 Å². The monoisotopic (exact) mass is 320 g/mol. The second-order valence-corrected chi connectivity index (χ2v) is 4.97. The Balaban J connectivity index is 0.00000220. The van der Waals surface area contributed by atoms with Crippen LogP contribution < -0.4 is 15.4 Å². The molecule has 1 amide bonds. The molecule has 2 rings (SSSR count). The van der Waals surface area contributed by atoms with Gasteiger partial charge in [-0.25, -0.2) is 0 Å². The molecule has 0 radical (unpaired) electrons. The van der Waals surface area contributed by atoms with E-state index in [0.717, 1.165) is 19.4 Å². The van der Waals surface area contributed by atoms with Gasteiger partial charge >= 0.3 is 6.61 Å². The Morgan fingerprint density at radius 2 is 2.05 bits per heavy atom. The zero-order valence-electron chi connectivity index (χ0n) is 11.6. The SMILES string of the molecule is C[C@H]1C[C@@H](C(=O)Nc2ccc(OC(F)F)cc2)CCN1.Cl. The smallest absolute Gasteiger partial charge is 0.387 e. The molecular formula is C14H19ClF2N2O2. The third-order valence-corrected chi connectivity index (χ3v) is 3.34. The van der Waals surface area contributed by atoms with Crippen LogP contribution in [0.1, 0.15) is 19.8 Å². The maximum Gasteiger partial charge on any atom is 0.387 e. The fourth-order valence-corrected chi connectivity index (χ4v) is 2.33. The zero-order chi connectivity index (χ0) is 14.5. The molecule has 21 heavy (non-hydrogen) atoms. The number of alkyl halides is 2. The molecule has 0 aromatic heterocycles. The lowest BCUT2D eigenvalue weighted by Gasteiger charge is -2.27. The highest BCUT2D eigenvalue weighted by Crippen LogP contribution is 2.21. The van der Waals surface area contributed by atoms with E-state index in [1.54, 1.807) is 12.1 Å². The van der Waals surface area contributed by atoms with Crippen molar-refractivity contribution in [2.75, 3.05) is 11.9 Å². The van der Waals surface area contributed by atoms with Crippen LogP contribution in [0.15, 0.2) is 24.3 Å². The van der Waals surface area contributed by atoms with Crippen molar-refractivity contribution in [1.29, 1.82) is 0 Å². The average molecular weight is 321 g/mol. The Labute approximate surface area is 128 Å². The van der Waals surface area contributed by atoms with E-state index in [1.165, 1.54) is 12.1 Å². The van der Waals surface area contributed by atoms with E-state index in [0.29, 0.717) is 11.7 Å². The number of carbonyl (C=O) groups excluding carboxylic acids is 1. The van der Waals surface area contributed by atoms with Crippen molar-refractivity contribution in [2.45, 2.75) is 32.4 Å². The van der Waals surface area contributed by atoms with E-state index in [4.69, 9.17) is 0 Å². The molecular weight excluding hydrogens is 302 g/mol. The van der Waals surface area contributed by atoms with E-state index >= 15 is 0 Å². The number of anilines is 1. The summed E-state index contributed by atoms with van der Waals surface area (Å²) in [4.78, 5) is 12.1. The van der Waals surface area contributed by atoms with Crippen LogP contribution in [0.2, 0.25) is 0 Å². The van der Waals surface area contributed by atoms with E-state index in [1.807, 2.05) is 0 Å². The zero-order valence-corrected chi connectivity index (χ0v) is 12.5. The first kappa shape index (κ1) is 17.7. The third-order valence-electron chi connectivity index (χ3n) is 3.34. The molecule has 4 nitrogen and oxygen atoms in total. The van der Waals surface area contributed by atoms with Crippen molar-refractivity contribution in [1.82, 2.24) is 5.32 Å². The number of carbonyl (C=O) groups is 1. The molecule has 0 unspecified atom stereocenters. The first-order valence-electron chi connectivity index (χ1n) is 6.63. The lowest BCUT2D eigenvalue weighted by atomic mass is 9.92. The van der Waals surface area contributed by atoms with Gasteiger partial charge in [0.2, 0.25) is 5.91 Å². The number of rotatable bonds is 4. The number of piperidine rings is 1. The summed E-state index contributed by atoms with van der Waals surface area (Å²) in [5.41, 5.74) is 0.586. The number of ether oxygens (including phenoxy) is 1. The summed E-state index contributed by atoms with van der Waals surface area (Å²) in [6.45, 7) is 0.0442. The first-order chi connectivity index (χ1) is 9.54. The molecule has 0 aliphatic carbocycles. The van der Waals surface area contributed by atoms with Gasteiger partial charge in [-0.2, -0.15) is 8.78 Å². The minimum absolute atomic E-state index is 0. The van der Waals surface area contributed by atoms with Gasteiger partial charge in [-0.05, 0) is 50.6 Å². The van der Waals surface area contributed by atoms with Gasteiger partial charge in [0, 0.05) is 17.6 Å². The normalized spacial score (nSPS) is 21.5. The predicted molar refractivity (Wildman–Crippen MR) is 79.1 cm³/mol. The van der Waals surface area contributed by atoms with E-state index in [-0.39, 0.29) is 30.0 Å². The molecule has 2 N–H and O–H groups in total. The van der Waals surface area contributed by atoms with Crippen molar-refractivity contribution in [3.05, 3.63) is 24.3 Å². The molecule has 0 bridgehead atoms. The Kier molecular flexibility index (Phi) is 6.84. The second-order valence-electron chi connectivity index (χ2n) is 4.97. The average Bonchev–Trinajstić information content (AvgIpc) is 2.40. The molecule has 2 atom stereocenters. The van der Waals surface area contributed by atoms with E-state index in [9.17, 15) is 13.6 Å². The molecule has 1 aromatic carbocycles. The lowest BCUT2D eigenvalue weighted by molar-refractivity contribution is -0.120. The number of benzene rings is 1. The molecule has 1 aliphatic rings. The number of amides is 1. The second kappa shape index (κ2) is 8.14. The van der Waals surface area contributed by atoms with Gasteiger partial charge in [0.1, 0.15) is 5.75 Å². The van der Waals surface area contributed by atoms with Gasteiger partial charge in [0.15, 0.2) is 0 Å². The highest BCUT2D eigenvalue weighted by Gasteiger charge is 2.24. The van der Waals surface area contributed by atoms with Crippen LogP contribution in [0.4, 0.5) is 14.5 Å². The minimum atomic E-state index is -2.84. The van der Waals surface area contributed by atoms with Crippen molar-refractivity contribution in [2.24, 2.45) is 5.92 Å². The Morgan fingerprint density at radius 1 is 1.38 bits per heavy atom. The van der Waals surface area contributed by atoms with E-state index < -0.39 is 6.61 Å². The lowest BCUT2D eigenvalue weighted by Crippen LogP contribution is -2.40. The molecule has 1 fully saturated rings. The van der Waals surface area contributed by atoms with Crippen LogP contribution in [0.25, 0.3) is 0 Å². The van der Waals surface area contributed by atoms with Crippen molar-refractivity contribution < 1.29 is 18.3 Å². The van der Waals surface area contributed by atoms with Crippen molar-refractivity contribution in [3.63, 3.8) is 0 Å². The molecule has 0 spiro atoms. The van der Waals surface area contributed by atoms with Gasteiger partial charge in [0.25, 0.3) is 0 Å². The summed E-state index contributed by atoms with van der Waals surface area (Å²) in [5.74, 6) is 0.0395. The molecule has 7 heteroatoms. The first-order valence-corrected chi connectivity index (χ1v) is 6.63. The Bertz CT molecular complexity index is 457. The van der Waals surface area contributed by atoms with Crippen molar-refractivity contribution >= 4 is 24.0 Å². The fourth-order valence-electron chi connectivity index (χ4n) is 2.33. The molecule has 1 saturated heterocycles. The van der Waals surface area contributed by atoms with Gasteiger partial charge in [-0.3, -0.25) is 4.79 Å². The summed E-state index contributed by atoms with van der Waals surface area (Å²) in [5, 5.41) is 6.09. The minimum Gasteiger partial charge on any atom is -0.435 e. The third kappa shape index (κ3) is 5.47. The predicted octanol–water partition coefficient (Wildman–Crippen LogP) is 3.04. The van der Waals surface area contributed by atoms with Gasteiger partial charge in [-0.15, -0.1) is 12.4 Å².